The summed E-state index contributed by atoms with van der Waals surface area (Å²) in [6.07, 6.45) is 11.1. The highest BCUT2D eigenvalue weighted by Gasteiger charge is 2.08. The highest BCUT2D eigenvalue weighted by Crippen LogP contribution is 2.07. The van der Waals surface area contributed by atoms with Gasteiger partial charge in [-0.15, -0.1) is 0 Å². The largest absolute Gasteiger partial charge is 0.246 e. The number of rotatable bonds is 6. The van der Waals surface area contributed by atoms with Crippen molar-refractivity contribution in [3.05, 3.63) is 29.1 Å². The van der Waals surface area contributed by atoms with Gasteiger partial charge in [-0.1, -0.05) is 12.8 Å². The van der Waals surface area contributed by atoms with Crippen LogP contribution in [0, 0.1) is 6.92 Å². The molecule has 1 aromatic heterocycles. The van der Waals surface area contributed by atoms with Crippen molar-refractivity contribution in [3.63, 3.8) is 0 Å². The van der Waals surface area contributed by atoms with E-state index in [4.69, 9.17) is 0 Å². The van der Waals surface area contributed by atoms with Crippen LogP contribution in [0.25, 0.3) is 0 Å². The molecule has 3 heterocycles. The summed E-state index contributed by atoms with van der Waals surface area (Å²) in [5, 5.41) is 12.9. The molecule has 136 valence electrons. The fourth-order valence-electron chi connectivity index (χ4n) is 3.20. The molecule has 2 N–H and O–H groups in total. The lowest BCUT2D eigenvalue weighted by atomic mass is 10.2. The molecular formula is C18H29N7. The number of hydrazine groups is 2. The molecule has 0 amide bonds. The van der Waals surface area contributed by atoms with Gasteiger partial charge in [0.15, 0.2) is 0 Å². The zero-order valence-electron chi connectivity index (χ0n) is 15.1. The molecule has 7 heteroatoms. The van der Waals surface area contributed by atoms with Crippen molar-refractivity contribution < 1.29 is 0 Å². The van der Waals surface area contributed by atoms with Crippen molar-refractivity contribution in [2.75, 3.05) is 26.2 Å². The first-order valence-electron chi connectivity index (χ1n) is 9.36. The number of hydrogen-bond donors (Lipinski definition) is 2. The minimum atomic E-state index is 0.837. The fraction of sp³-hybridized carbons (Fsp3) is 0.611. The molecule has 0 saturated carbocycles. The highest BCUT2D eigenvalue weighted by molar-refractivity contribution is 5.82. The molecule has 3 rings (SSSR count). The predicted molar refractivity (Wildman–Crippen MR) is 101 cm³/mol. The Bertz CT molecular complexity index is 539. The van der Waals surface area contributed by atoms with Crippen LogP contribution in [0.2, 0.25) is 0 Å². The summed E-state index contributed by atoms with van der Waals surface area (Å²) in [6.45, 7) is 6.28. The third-order valence-electron chi connectivity index (χ3n) is 4.51. The van der Waals surface area contributed by atoms with Gasteiger partial charge in [0.1, 0.15) is 0 Å². The molecule has 1 aromatic rings. The molecule has 0 radical (unpaired) electrons. The number of nitrogens with zero attached hydrogens (tertiary/aromatic N) is 5. The van der Waals surface area contributed by atoms with Crippen LogP contribution in [0.1, 0.15) is 55.5 Å². The Morgan fingerprint density at radius 2 is 1.24 bits per heavy atom. The van der Waals surface area contributed by atoms with E-state index in [1.54, 1.807) is 12.4 Å². The number of nitrogens with one attached hydrogen (secondary N) is 2. The molecule has 2 aliphatic heterocycles. The van der Waals surface area contributed by atoms with E-state index in [2.05, 4.69) is 43.2 Å². The van der Waals surface area contributed by atoms with E-state index in [-0.39, 0.29) is 0 Å². The number of hydrazone groups is 2. The van der Waals surface area contributed by atoms with Crippen molar-refractivity contribution in [1.82, 2.24) is 26.1 Å². The molecule has 0 spiro atoms. The molecular weight excluding hydrogens is 314 g/mol. The van der Waals surface area contributed by atoms with Crippen molar-refractivity contribution in [2.45, 2.75) is 45.4 Å². The second kappa shape index (κ2) is 9.48. The monoisotopic (exact) mass is 343 g/mol. The summed E-state index contributed by atoms with van der Waals surface area (Å²) in [5.41, 5.74) is 9.03. The van der Waals surface area contributed by atoms with Gasteiger partial charge in [-0.05, 0) is 50.3 Å². The van der Waals surface area contributed by atoms with Crippen LogP contribution in [-0.4, -0.2) is 53.6 Å². The molecule has 7 nitrogen and oxygen atoms in total. The summed E-state index contributed by atoms with van der Waals surface area (Å²) in [4.78, 5) is 4.58. The number of pyridine rings is 1. The lowest BCUT2D eigenvalue weighted by molar-refractivity contribution is 0.158. The molecule has 0 unspecified atom stereocenters. The maximum absolute atomic E-state index is 4.58. The van der Waals surface area contributed by atoms with Gasteiger partial charge < -0.3 is 0 Å². The van der Waals surface area contributed by atoms with Gasteiger partial charge in [-0.2, -0.15) is 10.2 Å². The molecule has 25 heavy (non-hydrogen) atoms. The van der Waals surface area contributed by atoms with Crippen LogP contribution >= 0.6 is 0 Å². The number of aryl methyl sites for hydroxylation is 1. The Hall–Kier alpha value is -1.99. The molecule has 0 aliphatic carbocycles. The fourth-order valence-corrected chi connectivity index (χ4v) is 3.20. The molecule has 0 atom stereocenters. The van der Waals surface area contributed by atoms with Gasteiger partial charge in [0.2, 0.25) is 0 Å². The number of piperidine rings is 2. The van der Waals surface area contributed by atoms with Crippen LogP contribution in [0.3, 0.4) is 0 Å². The summed E-state index contributed by atoms with van der Waals surface area (Å²) >= 11 is 0. The average molecular weight is 343 g/mol. The van der Waals surface area contributed by atoms with Crippen molar-refractivity contribution >= 4 is 12.4 Å². The van der Waals surface area contributed by atoms with Gasteiger partial charge in [-0.3, -0.25) is 0 Å². The molecule has 2 aliphatic rings. The lowest BCUT2D eigenvalue weighted by Gasteiger charge is -2.24. The van der Waals surface area contributed by atoms with E-state index >= 15 is 0 Å². The Morgan fingerprint density at radius 3 is 1.68 bits per heavy atom. The van der Waals surface area contributed by atoms with E-state index < -0.39 is 0 Å². The van der Waals surface area contributed by atoms with Crippen LogP contribution < -0.4 is 11.1 Å². The zero-order chi connectivity index (χ0) is 17.3. The first kappa shape index (κ1) is 17.8. The van der Waals surface area contributed by atoms with Crippen LogP contribution in [0.15, 0.2) is 22.3 Å². The molecule has 0 aromatic carbocycles. The maximum Gasteiger partial charge on any atom is 0.0841 e. The Morgan fingerprint density at radius 1 is 0.800 bits per heavy atom. The van der Waals surface area contributed by atoms with Gasteiger partial charge in [0.05, 0.1) is 23.8 Å². The SMILES string of the molecule is Cc1cc(C=NNN2CCCCC2)nc(C=NNN2CCCCC2)c1. The summed E-state index contributed by atoms with van der Waals surface area (Å²) in [5.74, 6) is 0. The minimum absolute atomic E-state index is 0.837. The summed E-state index contributed by atoms with van der Waals surface area (Å²) in [6, 6.07) is 4.05. The maximum atomic E-state index is 4.58. The quantitative estimate of drug-likeness (QED) is 0.611. The Balaban J connectivity index is 1.53. The van der Waals surface area contributed by atoms with Gasteiger partial charge in [0.25, 0.3) is 0 Å². The standard InChI is InChI=1S/C18H29N7/c1-16-12-17(14-19-22-24-8-4-2-5-9-24)21-18(13-16)15-20-23-25-10-6-3-7-11-25/h12-15,22-23H,2-11H2,1H3. The third kappa shape index (κ3) is 6.10. The van der Waals surface area contributed by atoms with Gasteiger partial charge in [0, 0.05) is 26.2 Å². The molecule has 0 bridgehead atoms. The van der Waals surface area contributed by atoms with Gasteiger partial charge >= 0.3 is 0 Å². The summed E-state index contributed by atoms with van der Waals surface area (Å²) < 4.78 is 0. The first-order valence-corrected chi connectivity index (χ1v) is 9.36. The first-order chi connectivity index (χ1) is 12.3. The second-order valence-electron chi connectivity index (χ2n) is 6.81. The normalized spacial score (nSPS) is 20.4. The summed E-state index contributed by atoms with van der Waals surface area (Å²) in [7, 11) is 0. The Labute approximate surface area is 150 Å². The molecule has 2 fully saturated rings. The highest BCUT2D eigenvalue weighted by atomic mass is 15.7. The van der Waals surface area contributed by atoms with Crippen LogP contribution in [0.5, 0.6) is 0 Å². The van der Waals surface area contributed by atoms with Crippen molar-refractivity contribution in [2.24, 2.45) is 10.2 Å². The van der Waals surface area contributed by atoms with E-state index in [1.807, 2.05) is 12.1 Å². The van der Waals surface area contributed by atoms with Crippen LogP contribution in [0.4, 0.5) is 0 Å². The second-order valence-corrected chi connectivity index (χ2v) is 6.81. The number of hydrogen-bond acceptors (Lipinski definition) is 7. The zero-order valence-corrected chi connectivity index (χ0v) is 15.1. The molecule has 2 saturated heterocycles. The van der Waals surface area contributed by atoms with Crippen molar-refractivity contribution in [1.29, 1.82) is 0 Å². The lowest BCUT2D eigenvalue weighted by Crippen LogP contribution is -2.38. The Kier molecular flexibility index (Phi) is 6.76. The topological polar surface area (TPSA) is 68.1 Å². The van der Waals surface area contributed by atoms with Crippen molar-refractivity contribution in [3.8, 4) is 0 Å². The van der Waals surface area contributed by atoms with E-state index in [9.17, 15) is 0 Å². The van der Waals surface area contributed by atoms with Crippen LogP contribution in [-0.2, 0) is 0 Å². The van der Waals surface area contributed by atoms with E-state index in [0.717, 1.165) is 43.1 Å². The van der Waals surface area contributed by atoms with E-state index in [1.165, 1.54) is 38.5 Å². The third-order valence-corrected chi connectivity index (χ3v) is 4.51. The number of aromatic nitrogens is 1. The minimum Gasteiger partial charge on any atom is -0.246 e. The predicted octanol–water partition coefficient (Wildman–Crippen LogP) is 2.04. The van der Waals surface area contributed by atoms with Gasteiger partial charge in [-0.25, -0.2) is 26.1 Å². The average Bonchev–Trinajstić information content (AvgIpc) is 2.63. The van der Waals surface area contributed by atoms with E-state index in [0.29, 0.717) is 0 Å². The smallest absolute Gasteiger partial charge is 0.0841 e.